The largest absolute Gasteiger partial charge is 0.469 e. The molecule has 0 rings (SSSR count). The zero-order valence-corrected chi connectivity index (χ0v) is 11.2. The number of carbonyl (C=O) groups is 1. The second-order valence-electron chi connectivity index (χ2n) is 4.76. The highest BCUT2D eigenvalue weighted by molar-refractivity contribution is 5.68. The van der Waals surface area contributed by atoms with E-state index in [1.807, 2.05) is 13.8 Å². The van der Waals surface area contributed by atoms with Crippen LogP contribution in [0, 0.1) is 11.3 Å². The van der Waals surface area contributed by atoms with Crippen molar-refractivity contribution in [3.63, 3.8) is 0 Å². The van der Waals surface area contributed by atoms with Crippen molar-refractivity contribution in [3.05, 3.63) is 0 Å². The summed E-state index contributed by atoms with van der Waals surface area (Å²) in [4.78, 5) is 10.8. The van der Waals surface area contributed by atoms with Crippen molar-refractivity contribution in [3.8, 4) is 6.07 Å². The maximum absolute atomic E-state index is 10.8. The minimum atomic E-state index is -0.426. The predicted octanol–water partition coefficient (Wildman–Crippen LogP) is 2.39. The smallest absolute Gasteiger partial charge is 0.305 e. The van der Waals surface area contributed by atoms with E-state index in [4.69, 9.17) is 5.26 Å². The third-order valence-corrected chi connectivity index (χ3v) is 2.63. The van der Waals surface area contributed by atoms with Gasteiger partial charge < -0.3 is 4.74 Å². The molecule has 0 fully saturated rings. The third kappa shape index (κ3) is 9.83. The number of ether oxygens (including phenoxy) is 1. The van der Waals surface area contributed by atoms with Gasteiger partial charge in [0.1, 0.15) is 5.54 Å². The topological polar surface area (TPSA) is 62.1 Å². The molecule has 4 nitrogen and oxygen atoms in total. The van der Waals surface area contributed by atoms with Gasteiger partial charge in [0.25, 0.3) is 0 Å². The molecule has 1 N–H and O–H groups in total. The van der Waals surface area contributed by atoms with Crippen LogP contribution in [0.1, 0.15) is 52.4 Å². The molecule has 0 aliphatic rings. The highest BCUT2D eigenvalue weighted by atomic mass is 16.5. The van der Waals surface area contributed by atoms with Crippen LogP contribution in [0.3, 0.4) is 0 Å². The Hall–Kier alpha value is -1.08. The zero-order chi connectivity index (χ0) is 13.1. The maximum atomic E-state index is 10.8. The molecule has 0 aromatic heterocycles. The van der Waals surface area contributed by atoms with E-state index in [9.17, 15) is 4.79 Å². The molecule has 0 aliphatic heterocycles. The van der Waals surface area contributed by atoms with Crippen molar-refractivity contribution in [2.75, 3.05) is 13.7 Å². The van der Waals surface area contributed by atoms with E-state index in [2.05, 4.69) is 16.1 Å². The minimum Gasteiger partial charge on any atom is -0.469 e. The number of methoxy groups -OCH3 is 1. The van der Waals surface area contributed by atoms with Crippen molar-refractivity contribution >= 4 is 5.97 Å². The SMILES string of the molecule is COC(=O)CCCCCCCNC(C)(C)C#N. The van der Waals surface area contributed by atoms with Gasteiger partial charge in [-0.2, -0.15) is 5.26 Å². The van der Waals surface area contributed by atoms with E-state index in [-0.39, 0.29) is 5.97 Å². The van der Waals surface area contributed by atoms with Crippen molar-refractivity contribution in [2.45, 2.75) is 57.9 Å². The fraction of sp³-hybridized carbons (Fsp3) is 0.846. The van der Waals surface area contributed by atoms with Crippen LogP contribution >= 0.6 is 0 Å². The van der Waals surface area contributed by atoms with Crippen molar-refractivity contribution in [1.29, 1.82) is 5.26 Å². The summed E-state index contributed by atoms with van der Waals surface area (Å²) in [5.74, 6) is -0.123. The summed E-state index contributed by atoms with van der Waals surface area (Å²) in [7, 11) is 1.42. The fourth-order valence-electron chi connectivity index (χ4n) is 1.47. The van der Waals surface area contributed by atoms with Crippen molar-refractivity contribution in [1.82, 2.24) is 5.32 Å². The van der Waals surface area contributed by atoms with Gasteiger partial charge in [-0.05, 0) is 33.2 Å². The molecule has 0 spiro atoms. The van der Waals surface area contributed by atoms with Gasteiger partial charge in [0, 0.05) is 6.42 Å². The molecular formula is C13H24N2O2. The lowest BCUT2D eigenvalue weighted by Gasteiger charge is -2.16. The van der Waals surface area contributed by atoms with Gasteiger partial charge in [0.2, 0.25) is 0 Å². The molecule has 0 heterocycles. The Morgan fingerprint density at radius 2 is 1.82 bits per heavy atom. The normalized spacial score (nSPS) is 10.9. The first-order chi connectivity index (χ1) is 8.02. The third-order valence-electron chi connectivity index (χ3n) is 2.63. The molecule has 4 heteroatoms. The van der Waals surface area contributed by atoms with E-state index in [1.54, 1.807) is 0 Å². The van der Waals surface area contributed by atoms with E-state index in [0.29, 0.717) is 6.42 Å². The molecule has 17 heavy (non-hydrogen) atoms. The number of unbranched alkanes of at least 4 members (excludes halogenated alkanes) is 4. The molecular weight excluding hydrogens is 216 g/mol. The van der Waals surface area contributed by atoms with Crippen LogP contribution in [0.4, 0.5) is 0 Å². The molecule has 0 bridgehead atoms. The molecule has 0 amide bonds. The molecule has 0 unspecified atom stereocenters. The van der Waals surface area contributed by atoms with E-state index in [1.165, 1.54) is 7.11 Å². The van der Waals surface area contributed by atoms with Crippen LogP contribution in [-0.4, -0.2) is 25.2 Å². The highest BCUT2D eigenvalue weighted by Crippen LogP contribution is 2.06. The Labute approximate surface area is 104 Å². The number of rotatable bonds is 9. The number of nitrogens with zero attached hydrogens (tertiary/aromatic N) is 1. The average molecular weight is 240 g/mol. The summed E-state index contributed by atoms with van der Waals surface area (Å²) in [5.41, 5.74) is -0.426. The number of hydrogen-bond donors (Lipinski definition) is 1. The van der Waals surface area contributed by atoms with Crippen LogP contribution in [-0.2, 0) is 9.53 Å². The number of hydrogen-bond acceptors (Lipinski definition) is 4. The number of nitrogens with one attached hydrogen (secondary N) is 1. The van der Waals surface area contributed by atoms with Gasteiger partial charge in [-0.25, -0.2) is 0 Å². The van der Waals surface area contributed by atoms with Gasteiger partial charge in [-0.15, -0.1) is 0 Å². The molecule has 0 aromatic rings. The van der Waals surface area contributed by atoms with Gasteiger partial charge in [0.05, 0.1) is 13.2 Å². The molecule has 0 saturated carbocycles. The number of nitriles is 1. The Kier molecular flexibility index (Phi) is 8.43. The zero-order valence-electron chi connectivity index (χ0n) is 11.2. The maximum Gasteiger partial charge on any atom is 0.305 e. The number of carbonyl (C=O) groups excluding carboxylic acids is 1. The van der Waals surface area contributed by atoms with E-state index < -0.39 is 5.54 Å². The first-order valence-corrected chi connectivity index (χ1v) is 6.25. The summed E-state index contributed by atoms with van der Waals surface area (Å²) in [6.45, 7) is 4.63. The fourth-order valence-corrected chi connectivity index (χ4v) is 1.47. The van der Waals surface area contributed by atoms with Gasteiger partial charge in [0.15, 0.2) is 0 Å². The van der Waals surface area contributed by atoms with Crippen LogP contribution in [0.15, 0.2) is 0 Å². The summed E-state index contributed by atoms with van der Waals surface area (Å²) < 4.78 is 4.57. The van der Waals surface area contributed by atoms with Crippen molar-refractivity contribution in [2.24, 2.45) is 0 Å². The summed E-state index contributed by atoms with van der Waals surface area (Å²) in [5, 5.41) is 12.0. The van der Waals surface area contributed by atoms with Crippen LogP contribution in [0.2, 0.25) is 0 Å². The monoisotopic (exact) mass is 240 g/mol. The Bertz CT molecular complexity index is 257. The highest BCUT2D eigenvalue weighted by Gasteiger charge is 2.13. The molecule has 0 saturated heterocycles. The molecule has 0 radical (unpaired) electrons. The van der Waals surface area contributed by atoms with Crippen LogP contribution in [0.5, 0.6) is 0 Å². The Balaban J connectivity index is 3.25. The second-order valence-corrected chi connectivity index (χ2v) is 4.76. The lowest BCUT2D eigenvalue weighted by molar-refractivity contribution is -0.140. The predicted molar refractivity (Wildman–Crippen MR) is 67.4 cm³/mol. The molecule has 0 aliphatic carbocycles. The molecule has 98 valence electrons. The molecule has 0 atom stereocenters. The minimum absolute atomic E-state index is 0.123. The lowest BCUT2D eigenvalue weighted by Crippen LogP contribution is -2.38. The average Bonchev–Trinajstić information content (AvgIpc) is 2.32. The first kappa shape index (κ1) is 15.9. The first-order valence-electron chi connectivity index (χ1n) is 6.25. The molecule has 0 aromatic carbocycles. The quantitative estimate of drug-likeness (QED) is 0.496. The van der Waals surface area contributed by atoms with Crippen molar-refractivity contribution < 1.29 is 9.53 Å². The summed E-state index contributed by atoms with van der Waals surface area (Å²) in [6.07, 6.45) is 5.83. The summed E-state index contributed by atoms with van der Waals surface area (Å²) >= 11 is 0. The standard InChI is InChI=1S/C13H24N2O2/c1-13(2,11-14)15-10-8-6-4-5-7-9-12(16)17-3/h15H,4-10H2,1-3H3. The van der Waals surface area contributed by atoms with Gasteiger partial charge in [-0.3, -0.25) is 10.1 Å². The van der Waals surface area contributed by atoms with E-state index >= 15 is 0 Å². The summed E-state index contributed by atoms with van der Waals surface area (Å²) in [6, 6.07) is 2.21. The second kappa shape index (κ2) is 9.00. The van der Waals surface area contributed by atoms with Gasteiger partial charge in [-0.1, -0.05) is 19.3 Å². The lowest BCUT2D eigenvalue weighted by atomic mass is 10.1. The Morgan fingerprint density at radius 3 is 2.41 bits per heavy atom. The number of esters is 1. The Morgan fingerprint density at radius 1 is 1.24 bits per heavy atom. The van der Waals surface area contributed by atoms with E-state index in [0.717, 1.165) is 38.6 Å². The van der Waals surface area contributed by atoms with Crippen LogP contribution < -0.4 is 5.32 Å². The van der Waals surface area contributed by atoms with Gasteiger partial charge >= 0.3 is 5.97 Å². The van der Waals surface area contributed by atoms with Crippen LogP contribution in [0.25, 0.3) is 0 Å².